The highest BCUT2D eigenvalue weighted by molar-refractivity contribution is 7.89. The maximum absolute atomic E-state index is 12.5. The summed E-state index contributed by atoms with van der Waals surface area (Å²) in [7, 11) is -3.53. The molecular formula is C11H16ClN3O2S. The van der Waals surface area contributed by atoms with E-state index in [1.165, 1.54) is 12.4 Å². The van der Waals surface area contributed by atoms with Gasteiger partial charge in [0, 0.05) is 12.1 Å². The summed E-state index contributed by atoms with van der Waals surface area (Å²) < 4.78 is 26.6. The van der Waals surface area contributed by atoms with E-state index in [1.807, 2.05) is 13.8 Å². The summed E-state index contributed by atoms with van der Waals surface area (Å²) in [5, 5.41) is 0.0497. The van der Waals surface area contributed by atoms with Gasteiger partial charge in [-0.15, -0.1) is 0 Å². The van der Waals surface area contributed by atoms with Crippen molar-refractivity contribution < 1.29 is 8.42 Å². The molecule has 2 rings (SSSR count). The third-order valence-electron chi connectivity index (χ3n) is 3.28. The van der Waals surface area contributed by atoms with Gasteiger partial charge in [-0.2, -0.15) is 4.31 Å². The Morgan fingerprint density at radius 1 is 1.22 bits per heavy atom. The predicted octanol–water partition coefficient (Wildman–Crippen LogP) is 2.08. The molecule has 18 heavy (non-hydrogen) atoms. The van der Waals surface area contributed by atoms with Crippen molar-refractivity contribution in [1.29, 1.82) is 0 Å². The highest BCUT2D eigenvalue weighted by Gasteiger charge is 2.35. The molecule has 2 unspecified atom stereocenters. The van der Waals surface area contributed by atoms with Gasteiger partial charge < -0.3 is 0 Å². The van der Waals surface area contributed by atoms with Gasteiger partial charge in [-0.1, -0.05) is 6.42 Å². The van der Waals surface area contributed by atoms with Crippen LogP contribution in [0.5, 0.6) is 0 Å². The minimum Gasteiger partial charge on any atom is -0.225 e. The van der Waals surface area contributed by atoms with Gasteiger partial charge in [0.1, 0.15) is 4.90 Å². The quantitative estimate of drug-likeness (QED) is 0.782. The van der Waals surface area contributed by atoms with Crippen LogP contribution >= 0.6 is 11.6 Å². The van der Waals surface area contributed by atoms with Gasteiger partial charge >= 0.3 is 0 Å². The second kappa shape index (κ2) is 5.11. The zero-order valence-corrected chi connectivity index (χ0v) is 11.9. The number of rotatable bonds is 2. The SMILES string of the molecule is CC1CCCC(C)N1S(=O)(=O)c1cnc(Cl)nc1. The van der Waals surface area contributed by atoms with E-state index < -0.39 is 10.0 Å². The normalized spacial score (nSPS) is 26.2. The summed E-state index contributed by atoms with van der Waals surface area (Å²) in [5.74, 6) is 0. The first-order valence-corrected chi connectivity index (χ1v) is 7.76. The van der Waals surface area contributed by atoms with Crippen LogP contribution in [0.3, 0.4) is 0 Å². The molecule has 0 aromatic carbocycles. The van der Waals surface area contributed by atoms with Crippen molar-refractivity contribution in [3.63, 3.8) is 0 Å². The van der Waals surface area contributed by atoms with Crippen LogP contribution in [-0.4, -0.2) is 34.8 Å². The number of nitrogens with zero attached hydrogens (tertiary/aromatic N) is 3. The number of aromatic nitrogens is 2. The fourth-order valence-electron chi connectivity index (χ4n) is 2.43. The van der Waals surface area contributed by atoms with E-state index in [0.29, 0.717) is 0 Å². The lowest BCUT2D eigenvalue weighted by atomic mass is 10.0. The van der Waals surface area contributed by atoms with Crippen LogP contribution in [0.15, 0.2) is 17.3 Å². The fraction of sp³-hybridized carbons (Fsp3) is 0.636. The Morgan fingerprint density at radius 3 is 2.22 bits per heavy atom. The lowest BCUT2D eigenvalue weighted by molar-refractivity contribution is 0.204. The van der Waals surface area contributed by atoms with Crippen molar-refractivity contribution in [2.75, 3.05) is 0 Å². The highest BCUT2D eigenvalue weighted by Crippen LogP contribution is 2.28. The molecule has 100 valence electrons. The van der Waals surface area contributed by atoms with Crippen molar-refractivity contribution >= 4 is 21.6 Å². The minimum absolute atomic E-state index is 0.00873. The number of halogens is 1. The summed E-state index contributed by atoms with van der Waals surface area (Å²) in [4.78, 5) is 7.58. The summed E-state index contributed by atoms with van der Waals surface area (Å²) in [5.41, 5.74) is 0. The molecular weight excluding hydrogens is 274 g/mol. The molecule has 2 atom stereocenters. The molecule has 1 aliphatic rings. The molecule has 1 aromatic rings. The summed E-state index contributed by atoms with van der Waals surface area (Å²) >= 11 is 5.57. The molecule has 0 N–H and O–H groups in total. The third kappa shape index (κ3) is 2.50. The van der Waals surface area contributed by atoms with E-state index in [9.17, 15) is 8.42 Å². The summed E-state index contributed by atoms with van der Waals surface area (Å²) in [6.07, 6.45) is 5.36. The van der Waals surface area contributed by atoms with Gasteiger partial charge in [-0.3, -0.25) is 0 Å². The van der Waals surface area contributed by atoms with Gasteiger partial charge in [0.2, 0.25) is 15.3 Å². The van der Waals surface area contributed by atoms with E-state index in [0.717, 1.165) is 19.3 Å². The second-order valence-corrected chi connectivity index (χ2v) is 6.83. The van der Waals surface area contributed by atoms with Gasteiger partial charge in [0.05, 0.1) is 12.4 Å². The van der Waals surface area contributed by atoms with Crippen molar-refractivity contribution in [1.82, 2.24) is 14.3 Å². The second-order valence-electron chi connectivity index (χ2n) is 4.65. The molecule has 1 saturated heterocycles. The van der Waals surface area contributed by atoms with Crippen LogP contribution in [0.1, 0.15) is 33.1 Å². The third-order valence-corrected chi connectivity index (χ3v) is 5.56. The van der Waals surface area contributed by atoms with Gasteiger partial charge in [0.25, 0.3) is 0 Å². The molecule has 0 amide bonds. The first-order chi connectivity index (χ1) is 8.43. The lowest BCUT2D eigenvalue weighted by Crippen LogP contribution is -2.47. The molecule has 0 spiro atoms. The van der Waals surface area contributed by atoms with Crippen molar-refractivity contribution in [2.45, 2.75) is 50.1 Å². The Labute approximate surface area is 112 Å². The Balaban J connectivity index is 2.38. The van der Waals surface area contributed by atoms with Crippen LogP contribution in [-0.2, 0) is 10.0 Å². The number of sulfonamides is 1. The Hall–Kier alpha value is -0.720. The van der Waals surface area contributed by atoms with Crippen molar-refractivity contribution in [3.8, 4) is 0 Å². The van der Waals surface area contributed by atoms with Crippen molar-refractivity contribution in [3.05, 3.63) is 17.7 Å². The molecule has 7 heteroatoms. The molecule has 0 aliphatic carbocycles. The van der Waals surface area contributed by atoms with Gasteiger partial charge in [0.15, 0.2) is 0 Å². The van der Waals surface area contributed by atoms with E-state index in [1.54, 1.807) is 4.31 Å². The first-order valence-electron chi connectivity index (χ1n) is 5.94. The molecule has 5 nitrogen and oxygen atoms in total. The zero-order valence-electron chi connectivity index (χ0n) is 10.4. The predicted molar refractivity (Wildman–Crippen MR) is 68.8 cm³/mol. The van der Waals surface area contributed by atoms with E-state index >= 15 is 0 Å². The number of hydrogen-bond acceptors (Lipinski definition) is 4. The number of piperidine rings is 1. The highest BCUT2D eigenvalue weighted by atomic mass is 35.5. The molecule has 2 heterocycles. The molecule has 0 radical (unpaired) electrons. The molecule has 0 bridgehead atoms. The molecule has 1 aromatic heterocycles. The molecule has 1 aliphatic heterocycles. The van der Waals surface area contributed by atoms with Crippen molar-refractivity contribution in [2.24, 2.45) is 0 Å². The largest absolute Gasteiger partial charge is 0.246 e. The van der Waals surface area contributed by atoms with E-state index in [2.05, 4.69) is 9.97 Å². The van der Waals surface area contributed by atoms with Gasteiger partial charge in [-0.25, -0.2) is 18.4 Å². The Bertz CT molecular complexity index is 508. The monoisotopic (exact) mass is 289 g/mol. The standard InChI is InChI=1S/C11H16ClN3O2S/c1-8-4-3-5-9(2)15(8)18(16,17)10-6-13-11(12)14-7-10/h6-9H,3-5H2,1-2H3. The molecule has 1 fully saturated rings. The fourth-order valence-corrected chi connectivity index (χ4v) is 4.30. The topological polar surface area (TPSA) is 63.2 Å². The van der Waals surface area contributed by atoms with Crippen LogP contribution in [0.25, 0.3) is 0 Å². The maximum Gasteiger partial charge on any atom is 0.246 e. The smallest absolute Gasteiger partial charge is 0.225 e. The van der Waals surface area contributed by atoms with Crippen LogP contribution < -0.4 is 0 Å². The zero-order chi connectivity index (χ0) is 13.3. The first kappa shape index (κ1) is 13.7. The van der Waals surface area contributed by atoms with Gasteiger partial charge in [-0.05, 0) is 38.3 Å². The molecule has 0 saturated carbocycles. The average molecular weight is 290 g/mol. The van der Waals surface area contributed by atoms with Crippen LogP contribution in [0, 0.1) is 0 Å². The Morgan fingerprint density at radius 2 is 1.72 bits per heavy atom. The van der Waals surface area contributed by atoms with E-state index in [-0.39, 0.29) is 22.3 Å². The average Bonchev–Trinajstić information content (AvgIpc) is 2.29. The van der Waals surface area contributed by atoms with E-state index in [4.69, 9.17) is 11.6 Å². The van der Waals surface area contributed by atoms with Crippen LogP contribution in [0.4, 0.5) is 0 Å². The number of hydrogen-bond donors (Lipinski definition) is 0. The van der Waals surface area contributed by atoms with Crippen LogP contribution in [0.2, 0.25) is 5.28 Å². The lowest BCUT2D eigenvalue weighted by Gasteiger charge is -2.37. The minimum atomic E-state index is -3.53. The summed E-state index contributed by atoms with van der Waals surface area (Å²) in [6.45, 7) is 3.87. The Kier molecular flexibility index (Phi) is 3.89. The summed E-state index contributed by atoms with van der Waals surface area (Å²) in [6, 6.07) is 0.0175. The maximum atomic E-state index is 12.5.